The number of nitrogens with one attached hydrogen (secondary N) is 2. The highest BCUT2D eigenvalue weighted by Crippen LogP contribution is 2.30. The van der Waals surface area contributed by atoms with Crippen LogP contribution in [0.4, 0.5) is 13.2 Å². The maximum atomic E-state index is 12.8. The van der Waals surface area contributed by atoms with Gasteiger partial charge in [-0.25, -0.2) is 4.79 Å². The fraction of sp³-hybridized carbons (Fsp3) is 0.400. The van der Waals surface area contributed by atoms with E-state index in [0.717, 1.165) is 12.1 Å². The lowest BCUT2D eigenvalue weighted by atomic mass is 10.1. The first-order chi connectivity index (χ1) is 13.4. The second kappa shape index (κ2) is 8.69. The number of carbonyl (C=O) groups excluding carboxylic acids is 2. The van der Waals surface area contributed by atoms with Crippen LogP contribution in [0.15, 0.2) is 24.3 Å². The molecule has 0 aliphatic carbocycles. The average molecular weight is 412 g/mol. The Hall–Kier alpha value is -2.81. The van der Waals surface area contributed by atoms with E-state index in [1.807, 2.05) is 0 Å². The molecule has 0 saturated heterocycles. The lowest BCUT2D eigenvalue weighted by Crippen LogP contribution is -2.29. The zero-order chi connectivity index (χ0) is 21.9. The van der Waals surface area contributed by atoms with Crippen LogP contribution in [0.2, 0.25) is 0 Å². The van der Waals surface area contributed by atoms with E-state index in [1.54, 1.807) is 27.7 Å². The fourth-order valence-corrected chi connectivity index (χ4v) is 2.87. The van der Waals surface area contributed by atoms with Crippen molar-refractivity contribution >= 4 is 11.9 Å². The molecule has 158 valence electrons. The smallest absolute Gasteiger partial charge is 0.416 e. The van der Waals surface area contributed by atoms with Crippen LogP contribution >= 0.6 is 0 Å². The third-order valence-corrected chi connectivity index (χ3v) is 4.27. The van der Waals surface area contributed by atoms with Crippen LogP contribution in [0.25, 0.3) is 0 Å². The predicted molar refractivity (Wildman–Crippen MR) is 99.6 cm³/mol. The Bertz CT molecular complexity index is 904. The van der Waals surface area contributed by atoms with Gasteiger partial charge in [-0.1, -0.05) is 12.1 Å². The van der Waals surface area contributed by atoms with Crippen LogP contribution in [-0.2, 0) is 10.9 Å². The van der Waals surface area contributed by atoms with Crippen LogP contribution in [0, 0.1) is 13.8 Å². The third-order valence-electron chi connectivity index (χ3n) is 4.27. The van der Waals surface area contributed by atoms with Crippen LogP contribution < -0.4 is 5.32 Å². The Morgan fingerprint density at radius 3 is 2.48 bits per heavy atom. The Morgan fingerprint density at radius 1 is 1.24 bits per heavy atom. The molecule has 2 rings (SSSR count). The maximum Gasteiger partial charge on any atom is 0.416 e. The number of benzene rings is 1. The van der Waals surface area contributed by atoms with Crippen molar-refractivity contribution in [1.29, 1.82) is 0 Å². The van der Waals surface area contributed by atoms with Gasteiger partial charge in [-0.2, -0.15) is 13.2 Å². The van der Waals surface area contributed by atoms with Gasteiger partial charge in [0.15, 0.2) is 0 Å². The number of amides is 1. The van der Waals surface area contributed by atoms with Crippen molar-refractivity contribution in [3.63, 3.8) is 0 Å². The number of esters is 1. The number of aromatic nitrogens is 1. The minimum atomic E-state index is -4.53. The lowest BCUT2D eigenvalue weighted by Gasteiger charge is -2.14. The molecule has 0 bridgehead atoms. The molecule has 0 radical (unpaired) electrons. The number of aliphatic hydroxyl groups is 1. The molecule has 1 unspecified atom stereocenters. The molecule has 29 heavy (non-hydrogen) atoms. The van der Waals surface area contributed by atoms with Crippen molar-refractivity contribution in [3.8, 4) is 0 Å². The Kier molecular flexibility index (Phi) is 6.73. The first-order valence-electron chi connectivity index (χ1n) is 8.95. The Labute approximate surface area is 166 Å². The number of hydrogen-bond acceptors (Lipinski definition) is 4. The van der Waals surface area contributed by atoms with Gasteiger partial charge in [-0.3, -0.25) is 4.79 Å². The predicted octanol–water partition coefficient (Wildman–Crippen LogP) is 3.68. The minimum Gasteiger partial charge on any atom is -0.459 e. The summed E-state index contributed by atoms with van der Waals surface area (Å²) in [6, 6.07) is 4.27. The summed E-state index contributed by atoms with van der Waals surface area (Å²) in [5.74, 6) is -1.16. The SMILES string of the molecule is Cc1[nH]c(C(=O)NCC(O)c2cccc(C(F)(F)F)c2)c(C)c1C(=O)OC(C)C. The molecule has 1 aromatic heterocycles. The fourth-order valence-electron chi connectivity index (χ4n) is 2.87. The van der Waals surface area contributed by atoms with Gasteiger partial charge in [0.1, 0.15) is 5.69 Å². The summed E-state index contributed by atoms with van der Waals surface area (Å²) < 4.78 is 43.6. The van der Waals surface area contributed by atoms with E-state index in [-0.39, 0.29) is 29.5 Å². The van der Waals surface area contributed by atoms with Crippen LogP contribution in [0.1, 0.15) is 63.2 Å². The molecular weight excluding hydrogens is 389 g/mol. The zero-order valence-electron chi connectivity index (χ0n) is 16.5. The van der Waals surface area contributed by atoms with Gasteiger partial charge in [-0.15, -0.1) is 0 Å². The van der Waals surface area contributed by atoms with E-state index in [9.17, 15) is 27.9 Å². The molecule has 0 spiro atoms. The summed E-state index contributed by atoms with van der Waals surface area (Å²) in [7, 11) is 0. The summed E-state index contributed by atoms with van der Waals surface area (Å²) in [4.78, 5) is 27.5. The highest BCUT2D eigenvalue weighted by Gasteiger charge is 2.31. The maximum absolute atomic E-state index is 12.8. The molecule has 1 heterocycles. The highest BCUT2D eigenvalue weighted by atomic mass is 19.4. The van der Waals surface area contributed by atoms with Gasteiger partial charge >= 0.3 is 12.1 Å². The summed E-state index contributed by atoms with van der Waals surface area (Å²) in [6.45, 7) is 6.32. The lowest BCUT2D eigenvalue weighted by molar-refractivity contribution is -0.137. The number of aryl methyl sites for hydroxylation is 1. The molecule has 1 aromatic carbocycles. The van der Waals surface area contributed by atoms with Crippen LogP contribution in [0.5, 0.6) is 0 Å². The second-order valence-electron chi connectivity index (χ2n) is 6.93. The number of halogens is 3. The van der Waals surface area contributed by atoms with Crippen molar-refractivity contribution in [3.05, 3.63) is 57.9 Å². The molecule has 1 atom stereocenters. The largest absolute Gasteiger partial charge is 0.459 e. The summed E-state index contributed by atoms with van der Waals surface area (Å²) in [5, 5.41) is 12.6. The van der Waals surface area contributed by atoms with Gasteiger partial charge in [0.2, 0.25) is 0 Å². The monoisotopic (exact) mass is 412 g/mol. The summed E-state index contributed by atoms with van der Waals surface area (Å²) >= 11 is 0. The number of ether oxygens (including phenoxy) is 1. The van der Waals surface area contributed by atoms with Gasteiger partial charge in [-0.05, 0) is 51.0 Å². The van der Waals surface area contributed by atoms with E-state index in [4.69, 9.17) is 4.74 Å². The first kappa shape index (κ1) is 22.5. The molecule has 0 aliphatic heterocycles. The van der Waals surface area contributed by atoms with E-state index < -0.39 is 29.7 Å². The van der Waals surface area contributed by atoms with E-state index in [1.165, 1.54) is 12.1 Å². The van der Waals surface area contributed by atoms with Crippen molar-refractivity contribution < 1.29 is 32.6 Å². The van der Waals surface area contributed by atoms with Gasteiger partial charge < -0.3 is 20.1 Å². The van der Waals surface area contributed by atoms with E-state index >= 15 is 0 Å². The summed E-state index contributed by atoms with van der Waals surface area (Å²) in [5.41, 5.74) is 0.359. The van der Waals surface area contributed by atoms with Gasteiger partial charge in [0.25, 0.3) is 5.91 Å². The molecule has 0 fully saturated rings. The van der Waals surface area contributed by atoms with E-state index in [2.05, 4.69) is 10.3 Å². The first-order valence-corrected chi connectivity index (χ1v) is 8.95. The standard InChI is InChI=1S/C20H23F3N2O4/c1-10(2)29-19(28)16-11(3)17(25-12(16)4)18(27)24-9-15(26)13-6-5-7-14(8-13)20(21,22)23/h5-8,10,15,25-26H,9H2,1-4H3,(H,24,27). The molecule has 0 aliphatic rings. The van der Waals surface area contributed by atoms with E-state index in [0.29, 0.717) is 11.3 Å². The topological polar surface area (TPSA) is 91.4 Å². The molecular formula is C20H23F3N2O4. The molecule has 3 N–H and O–H groups in total. The normalized spacial score (nSPS) is 12.7. The second-order valence-corrected chi connectivity index (χ2v) is 6.93. The molecule has 1 amide bonds. The molecule has 9 heteroatoms. The minimum absolute atomic E-state index is 0.0284. The average Bonchev–Trinajstić information content (AvgIpc) is 2.92. The number of aromatic amines is 1. The number of aliphatic hydroxyl groups excluding tert-OH is 1. The van der Waals surface area contributed by atoms with Crippen LogP contribution in [-0.4, -0.2) is 34.6 Å². The highest BCUT2D eigenvalue weighted by molar-refractivity contribution is 6.00. The Morgan fingerprint density at radius 2 is 1.90 bits per heavy atom. The van der Waals surface area contributed by atoms with Crippen LogP contribution in [0.3, 0.4) is 0 Å². The van der Waals surface area contributed by atoms with Crippen molar-refractivity contribution in [1.82, 2.24) is 10.3 Å². The van der Waals surface area contributed by atoms with Crippen molar-refractivity contribution in [2.24, 2.45) is 0 Å². The van der Waals surface area contributed by atoms with Gasteiger partial charge in [0, 0.05) is 12.2 Å². The quantitative estimate of drug-likeness (QED) is 0.632. The Balaban J connectivity index is 2.11. The summed E-state index contributed by atoms with van der Waals surface area (Å²) in [6.07, 6.45) is -6.18. The molecule has 0 saturated carbocycles. The number of rotatable bonds is 6. The number of alkyl halides is 3. The zero-order valence-corrected chi connectivity index (χ0v) is 16.5. The van der Waals surface area contributed by atoms with Crippen molar-refractivity contribution in [2.45, 2.75) is 46.1 Å². The molecule has 6 nitrogen and oxygen atoms in total. The third kappa shape index (κ3) is 5.38. The van der Waals surface area contributed by atoms with Gasteiger partial charge in [0.05, 0.1) is 23.3 Å². The number of carbonyl (C=O) groups is 2. The van der Waals surface area contributed by atoms with Crippen molar-refractivity contribution in [2.75, 3.05) is 6.54 Å². The number of H-pyrrole nitrogens is 1. The molecule has 2 aromatic rings. The number of hydrogen-bond donors (Lipinski definition) is 3.